The molecule has 1 aromatic heterocycles. The fraction of sp³-hybridized carbons (Fsp3) is 0.533. The van der Waals surface area contributed by atoms with Crippen LogP contribution in [0.5, 0.6) is 0 Å². The van der Waals surface area contributed by atoms with Gasteiger partial charge < -0.3 is 9.47 Å². The van der Waals surface area contributed by atoms with Crippen molar-refractivity contribution in [3.63, 3.8) is 0 Å². The summed E-state index contributed by atoms with van der Waals surface area (Å²) in [7, 11) is 1.71. The molecule has 140 valence electrons. The molecule has 0 aliphatic rings. The minimum absolute atomic E-state index is 0.264. The van der Waals surface area contributed by atoms with E-state index in [2.05, 4.69) is 14.5 Å². The van der Waals surface area contributed by atoms with E-state index in [0.29, 0.717) is 0 Å². The van der Waals surface area contributed by atoms with Crippen LogP contribution in [-0.4, -0.2) is 31.1 Å². The van der Waals surface area contributed by atoms with Crippen LogP contribution in [0.3, 0.4) is 0 Å². The molecule has 1 aromatic rings. The molecule has 0 atom stereocenters. The SMILES string of the molecule is COC(=O)c1c(C(F)F)nc(C(F)(F)F)c(C(=O)OC)c1CC(C)C. The number of halogens is 5. The molecule has 0 N–H and O–H groups in total. The van der Waals surface area contributed by atoms with Gasteiger partial charge in [-0.1, -0.05) is 13.8 Å². The van der Waals surface area contributed by atoms with Crippen LogP contribution in [0.25, 0.3) is 0 Å². The Kier molecular flexibility index (Phi) is 6.44. The molecule has 0 spiro atoms. The number of aromatic nitrogens is 1. The second kappa shape index (κ2) is 7.75. The lowest BCUT2D eigenvalue weighted by Crippen LogP contribution is -2.25. The van der Waals surface area contributed by atoms with Gasteiger partial charge in [-0.15, -0.1) is 0 Å². The molecule has 0 saturated heterocycles. The maximum absolute atomic E-state index is 13.3. The van der Waals surface area contributed by atoms with Gasteiger partial charge in [-0.25, -0.2) is 23.4 Å². The fourth-order valence-electron chi connectivity index (χ4n) is 2.28. The zero-order valence-corrected chi connectivity index (χ0v) is 13.8. The molecule has 0 unspecified atom stereocenters. The number of ether oxygens (including phenoxy) is 2. The fourth-order valence-corrected chi connectivity index (χ4v) is 2.28. The summed E-state index contributed by atoms with van der Waals surface area (Å²) in [6, 6.07) is 0. The molecule has 0 aliphatic carbocycles. The van der Waals surface area contributed by atoms with Crippen molar-refractivity contribution in [3.8, 4) is 0 Å². The number of nitrogens with zero attached hydrogens (tertiary/aromatic N) is 1. The van der Waals surface area contributed by atoms with Gasteiger partial charge in [0.15, 0.2) is 5.69 Å². The smallest absolute Gasteiger partial charge is 0.434 e. The minimum Gasteiger partial charge on any atom is -0.465 e. The van der Waals surface area contributed by atoms with Gasteiger partial charge in [-0.3, -0.25) is 0 Å². The van der Waals surface area contributed by atoms with E-state index in [0.717, 1.165) is 14.2 Å². The molecular weight excluding hydrogens is 353 g/mol. The standard InChI is InChI=1S/C15H16F5NO4/c1-6(2)5-7-8(13(22)24-3)10(12(16)17)21-11(15(18,19)20)9(7)14(23)25-4/h6,12H,5H2,1-4H3. The highest BCUT2D eigenvalue weighted by Crippen LogP contribution is 2.38. The van der Waals surface area contributed by atoms with E-state index >= 15 is 0 Å². The Balaban J connectivity index is 4.05. The van der Waals surface area contributed by atoms with Crippen LogP contribution in [0.15, 0.2) is 0 Å². The number of carbonyl (C=O) groups is 2. The van der Waals surface area contributed by atoms with Crippen LogP contribution in [0.2, 0.25) is 0 Å². The van der Waals surface area contributed by atoms with E-state index < -0.39 is 52.6 Å². The minimum atomic E-state index is -5.20. The van der Waals surface area contributed by atoms with E-state index in [-0.39, 0.29) is 12.3 Å². The number of pyridine rings is 1. The monoisotopic (exact) mass is 369 g/mol. The highest BCUT2D eigenvalue weighted by molar-refractivity contribution is 5.99. The van der Waals surface area contributed by atoms with Crippen LogP contribution in [0.4, 0.5) is 22.0 Å². The van der Waals surface area contributed by atoms with Crippen LogP contribution in [0.1, 0.15) is 57.9 Å². The molecule has 1 heterocycles. The number of rotatable bonds is 5. The lowest BCUT2D eigenvalue weighted by Gasteiger charge is -2.21. The zero-order valence-electron chi connectivity index (χ0n) is 13.8. The average Bonchev–Trinajstić information content (AvgIpc) is 2.50. The lowest BCUT2D eigenvalue weighted by molar-refractivity contribution is -0.142. The highest BCUT2D eigenvalue weighted by Gasteiger charge is 2.43. The van der Waals surface area contributed by atoms with Crippen LogP contribution >= 0.6 is 0 Å². The van der Waals surface area contributed by atoms with Gasteiger partial charge in [0.1, 0.15) is 5.69 Å². The van der Waals surface area contributed by atoms with E-state index in [1.54, 1.807) is 13.8 Å². The summed E-state index contributed by atoms with van der Waals surface area (Å²) in [6.07, 6.45) is -8.94. The lowest BCUT2D eigenvalue weighted by atomic mass is 9.91. The van der Waals surface area contributed by atoms with Crippen LogP contribution < -0.4 is 0 Å². The van der Waals surface area contributed by atoms with Gasteiger partial charge in [-0.2, -0.15) is 13.2 Å². The zero-order chi connectivity index (χ0) is 19.5. The number of methoxy groups -OCH3 is 2. The first-order chi connectivity index (χ1) is 11.4. The van der Waals surface area contributed by atoms with Gasteiger partial charge in [0.2, 0.25) is 0 Å². The molecule has 0 saturated carbocycles. The predicted octanol–water partition coefficient (Wildman–Crippen LogP) is 3.81. The Labute approximate surface area is 140 Å². The van der Waals surface area contributed by atoms with Crippen molar-refractivity contribution in [1.29, 1.82) is 0 Å². The molecule has 5 nitrogen and oxygen atoms in total. The predicted molar refractivity (Wildman–Crippen MR) is 75.4 cm³/mol. The number of hydrogen-bond acceptors (Lipinski definition) is 5. The number of carbonyl (C=O) groups excluding carboxylic acids is 2. The summed E-state index contributed by atoms with van der Waals surface area (Å²) < 4.78 is 75.2. The maximum Gasteiger partial charge on any atom is 0.434 e. The summed E-state index contributed by atoms with van der Waals surface area (Å²) in [6.45, 7) is 3.16. The quantitative estimate of drug-likeness (QED) is 0.583. The third-order valence-corrected chi connectivity index (χ3v) is 3.20. The van der Waals surface area contributed by atoms with E-state index in [4.69, 9.17) is 0 Å². The van der Waals surface area contributed by atoms with Crippen molar-refractivity contribution < 1.29 is 41.0 Å². The molecule has 0 aromatic carbocycles. The average molecular weight is 369 g/mol. The largest absolute Gasteiger partial charge is 0.465 e. The number of alkyl halides is 5. The van der Waals surface area contributed by atoms with Crippen molar-refractivity contribution in [2.75, 3.05) is 14.2 Å². The Bertz CT molecular complexity index is 671. The molecule has 0 aliphatic heterocycles. The van der Waals surface area contributed by atoms with E-state index in [9.17, 15) is 31.5 Å². The molecule has 10 heteroatoms. The van der Waals surface area contributed by atoms with Gasteiger partial charge in [0, 0.05) is 0 Å². The Morgan fingerprint density at radius 1 is 1.04 bits per heavy atom. The van der Waals surface area contributed by atoms with E-state index in [1.807, 2.05) is 0 Å². The molecule has 25 heavy (non-hydrogen) atoms. The van der Waals surface area contributed by atoms with Gasteiger partial charge in [-0.05, 0) is 17.9 Å². The topological polar surface area (TPSA) is 65.5 Å². The van der Waals surface area contributed by atoms with Crippen molar-refractivity contribution in [2.45, 2.75) is 32.9 Å². The van der Waals surface area contributed by atoms with E-state index in [1.165, 1.54) is 0 Å². The highest BCUT2D eigenvalue weighted by atomic mass is 19.4. The first-order valence-electron chi connectivity index (χ1n) is 7.04. The Hall–Kier alpha value is -2.26. The number of esters is 2. The molecule has 1 rings (SSSR count). The molecular formula is C15H16F5NO4. The Morgan fingerprint density at radius 2 is 1.52 bits per heavy atom. The molecule has 0 fully saturated rings. The number of hydrogen-bond donors (Lipinski definition) is 0. The van der Waals surface area contributed by atoms with Crippen molar-refractivity contribution in [2.24, 2.45) is 5.92 Å². The van der Waals surface area contributed by atoms with Crippen molar-refractivity contribution in [3.05, 3.63) is 28.1 Å². The second-order valence-electron chi connectivity index (χ2n) is 5.45. The van der Waals surface area contributed by atoms with Gasteiger partial charge in [0.05, 0.1) is 25.3 Å². The van der Waals surface area contributed by atoms with Crippen molar-refractivity contribution in [1.82, 2.24) is 4.98 Å². The van der Waals surface area contributed by atoms with Gasteiger partial charge in [0.25, 0.3) is 6.43 Å². The molecule has 0 bridgehead atoms. The maximum atomic E-state index is 13.3. The Morgan fingerprint density at radius 3 is 1.88 bits per heavy atom. The summed E-state index contributed by atoms with van der Waals surface area (Å²) in [5.41, 5.74) is -5.64. The third-order valence-electron chi connectivity index (χ3n) is 3.20. The van der Waals surface area contributed by atoms with Crippen LogP contribution in [-0.2, 0) is 22.1 Å². The van der Waals surface area contributed by atoms with Crippen LogP contribution in [0, 0.1) is 5.92 Å². The first-order valence-corrected chi connectivity index (χ1v) is 7.04. The first kappa shape index (κ1) is 20.8. The summed E-state index contributed by atoms with van der Waals surface area (Å²) in [5.74, 6) is -3.10. The summed E-state index contributed by atoms with van der Waals surface area (Å²) >= 11 is 0. The summed E-state index contributed by atoms with van der Waals surface area (Å²) in [5, 5.41) is 0. The van der Waals surface area contributed by atoms with Crippen molar-refractivity contribution >= 4 is 11.9 Å². The summed E-state index contributed by atoms with van der Waals surface area (Å²) in [4.78, 5) is 26.7. The van der Waals surface area contributed by atoms with Gasteiger partial charge >= 0.3 is 18.1 Å². The third kappa shape index (κ3) is 4.43. The second-order valence-corrected chi connectivity index (χ2v) is 5.45. The molecule has 0 radical (unpaired) electrons. The molecule has 0 amide bonds. The normalized spacial score (nSPS) is 11.8.